The van der Waals surface area contributed by atoms with Crippen LogP contribution >= 0.6 is 0 Å². The Hall–Kier alpha value is -3.62. The van der Waals surface area contributed by atoms with Crippen LogP contribution in [0.5, 0.6) is 5.75 Å². The van der Waals surface area contributed by atoms with Crippen LogP contribution in [0, 0.1) is 0 Å². The first-order chi connectivity index (χ1) is 14.3. The summed E-state index contributed by atoms with van der Waals surface area (Å²) in [5.74, 6) is -0.694. The van der Waals surface area contributed by atoms with Gasteiger partial charge in [-0.05, 0) is 67.3 Å². The van der Waals surface area contributed by atoms with Crippen LogP contribution < -0.4 is 10.1 Å². The number of nitrogens with zero attached hydrogens (tertiary/aromatic N) is 2. The maximum Gasteiger partial charge on any atom is 0.573 e. The molecule has 0 amide bonds. The van der Waals surface area contributed by atoms with E-state index in [-0.39, 0.29) is 11.3 Å². The number of alkyl halides is 3. The number of anilines is 2. The molecule has 30 heavy (non-hydrogen) atoms. The molecule has 6 nitrogen and oxygen atoms in total. The molecular weight excluding hydrogens is 399 g/mol. The fourth-order valence-electron chi connectivity index (χ4n) is 3.02. The van der Waals surface area contributed by atoms with E-state index in [2.05, 4.69) is 20.0 Å². The number of hydrogen-bond acceptors (Lipinski definition) is 5. The first-order valence-corrected chi connectivity index (χ1v) is 9.12. The van der Waals surface area contributed by atoms with Crippen molar-refractivity contribution < 1.29 is 27.8 Å². The van der Waals surface area contributed by atoms with E-state index < -0.39 is 12.3 Å². The van der Waals surface area contributed by atoms with Crippen LogP contribution in [0.1, 0.15) is 34.7 Å². The van der Waals surface area contributed by atoms with Crippen molar-refractivity contribution in [3.05, 3.63) is 65.9 Å². The Morgan fingerprint density at radius 1 is 1.07 bits per heavy atom. The van der Waals surface area contributed by atoms with Gasteiger partial charge in [0.05, 0.1) is 11.3 Å². The zero-order valence-electron chi connectivity index (χ0n) is 15.5. The monoisotopic (exact) mass is 415 g/mol. The van der Waals surface area contributed by atoms with Crippen molar-refractivity contribution in [1.29, 1.82) is 0 Å². The first kappa shape index (κ1) is 19.7. The second kappa shape index (κ2) is 7.66. The molecule has 0 unspecified atom stereocenters. The zero-order valence-corrected chi connectivity index (χ0v) is 15.5. The maximum atomic E-state index is 12.4. The van der Waals surface area contributed by atoms with Crippen LogP contribution in [0.3, 0.4) is 0 Å². The number of halogens is 3. The van der Waals surface area contributed by atoms with Crippen molar-refractivity contribution in [2.24, 2.45) is 0 Å². The van der Waals surface area contributed by atoms with Gasteiger partial charge in [-0.15, -0.1) is 13.2 Å². The molecule has 1 aromatic heterocycles. The molecule has 1 fully saturated rings. The van der Waals surface area contributed by atoms with Crippen LogP contribution in [0.2, 0.25) is 0 Å². The van der Waals surface area contributed by atoms with Crippen LogP contribution in [0.25, 0.3) is 11.3 Å². The molecule has 1 saturated carbocycles. The van der Waals surface area contributed by atoms with Crippen LogP contribution in [0.15, 0.2) is 54.7 Å². The highest BCUT2D eigenvalue weighted by Gasteiger charge is 2.31. The molecular formula is C21H16F3N3O3. The van der Waals surface area contributed by atoms with Crippen molar-refractivity contribution in [2.75, 3.05) is 5.32 Å². The number of nitrogens with one attached hydrogen (secondary N) is 1. The molecule has 0 aliphatic heterocycles. The number of hydrogen-bond donors (Lipinski definition) is 2. The van der Waals surface area contributed by atoms with Gasteiger partial charge in [0.15, 0.2) is 0 Å². The fraction of sp³-hybridized carbons (Fsp3) is 0.190. The number of benzene rings is 2. The lowest BCUT2D eigenvalue weighted by molar-refractivity contribution is -0.274. The largest absolute Gasteiger partial charge is 0.573 e. The second-order valence-electron chi connectivity index (χ2n) is 6.85. The van der Waals surface area contributed by atoms with Gasteiger partial charge in [0.25, 0.3) is 0 Å². The number of rotatable bonds is 6. The average molecular weight is 415 g/mol. The molecule has 1 aliphatic carbocycles. The highest BCUT2D eigenvalue weighted by atomic mass is 19.4. The summed E-state index contributed by atoms with van der Waals surface area (Å²) in [6, 6.07) is 11.7. The average Bonchev–Trinajstić information content (AvgIpc) is 3.53. The van der Waals surface area contributed by atoms with Gasteiger partial charge in [-0.3, -0.25) is 0 Å². The van der Waals surface area contributed by atoms with E-state index in [9.17, 15) is 18.0 Å². The van der Waals surface area contributed by atoms with Gasteiger partial charge in [0, 0.05) is 23.0 Å². The lowest BCUT2D eigenvalue weighted by Crippen LogP contribution is -2.16. The summed E-state index contributed by atoms with van der Waals surface area (Å²) < 4.78 is 41.1. The van der Waals surface area contributed by atoms with Crippen molar-refractivity contribution >= 4 is 17.6 Å². The number of carboxylic acids is 1. The normalized spacial score (nSPS) is 13.7. The number of aromatic carboxylic acids is 1. The van der Waals surface area contributed by atoms with Gasteiger partial charge in [-0.1, -0.05) is 0 Å². The van der Waals surface area contributed by atoms with Crippen molar-refractivity contribution in [3.63, 3.8) is 0 Å². The Kier molecular flexibility index (Phi) is 5.03. The SMILES string of the molecule is O=C(O)c1ccc(Nc2ncc(C3CC3)c(-c3ccc(OC(F)(F)F)cc3)n2)cc1. The Morgan fingerprint density at radius 2 is 1.73 bits per heavy atom. The van der Waals surface area contributed by atoms with Crippen molar-refractivity contribution in [1.82, 2.24) is 9.97 Å². The van der Waals surface area contributed by atoms with E-state index >= 15 is 0 Å². The lowest BCUT2D eigenvalue weighted by atomic mass is 10.0. The molecule has 1 heterocycles. The number of aromatic nitrogens is 2. The summed E-state index contributed by atoms with van der Waals surface area (Å²) in [6.45, 7) is 0. The molecule has 0 atom stereocenters. The molecule has 3 aromatic rings. The van der Waals surface area contributed by atoms with Crippen molar-refractivity contribution in [2.45, 2.75) is 25.1 Å². The van der Waals surface area contributed by atoms with Gasteiger partial charge in [0.1, 0.15) is 5.75 Å². The van der Waals surface area contributed by atoms with E-state index in [4.69, 9.17) is 5.11 Å². The third-order valence-electron chi connectivity index (χ3n) is 4.58. The van der Waals surface area contributed by atoms with Crippen LogP contribution in [-0.4, -0.2) is 27.4 Å². The molecule has 9 heteroatoms. The molecule has 2 aromatic carbocycles. The summed E-state index contributed by atoms with van der Waals surface area (Å²) in [5, 5.41) is 12.0. The highest BCUT2D eigenvalue weighted by molar-refractivity contribution is 5.88. The molecule has 0 spiro atoms. The van der Waals surface area contributed by atoms with Gasteiger partial charge in [-0.2, -0.15) is 0 Å². The molecule has 1 aliphatic rings. The molecule has 0 saturated heterocycles. The topological polar surface area (TPSA) is 84.3 Å². The minimum absolute atomic E-state index is 0.160. The van der Waals surface area contributed by atoms with E-state index in [1.807, 2.05) is 0 Å². The predicted octanol–water partition coefficient (Wildman–Crippen LogP) is 5.36. The van der Waals surface area contributed by atoms with Gasteiger partial charge in [-0.25, -0.2) is 14.8 Å². The predicted molar refractivity (Wildman–Crippen MR) is 103 cm³/mol. The first-order valence-electron chi connectivity index (χ1n) is 9.12. The van der Waals surface area contributed by atoms with Crippen molar-refractivity contribution in [3.8, 4) is 17.0 Å². The molecule has 4 rings (SSSR count). The second-order valence-corrected chi connectivity index (χ2v) is 6.85. The Balaban J connectivity index is 1.61. The summed E-state index contributed by atoms with van der Waals surface area (Å²) in [4.78, 5) is 19.9. The summed E-state index contributed by atoms with van der Waals surface area (Å²) in [5.41, 5.74) is 2.99. The van der Waals surface area contributed by atoms with Gasteiger partial charge >= 0.3 is 12.3 Å². The Bertz CT molecular complexity index is 1060. The van der Waals surface area contributed by atoms with Crippen LogP contribution in [0.4, 0.5) is 24.8 Å². The smallest absolute Gasteiger partial charge is 0.478 e. The van der Waals surface area contributed by atoms with E-state index in [1.165, 1.54) is 36.4 Å². The lowest BCUT2D eigenvalue weighted by Gasteiger charge is -2.13. The minimum Gasteiger partial charge on any atom is -0.478 e. The van der Waals surface area contributed by atoms with Crippen LogP contribution in [-0.2, 0) is 0 Å². The summed E-state index contributed by atoms with van der Waals surface area (Å²) >= 11 is 0. The molecule has 2 N–H and O–H groups in total. The number of ether oxygens (including phenoxy) is 1. The van der Waals surface area contributed by atoms with Gasteiger partial charge in [0.2, 0.25) is 5.95 Å². The third kappa shape index (κ3) is 4.68. The van der Waals surface area contributed by atoms with E-state index in [1.54, 1.807) is 18.3 Å². The molecule has 0 radical (unpaired) electrons. The highest BCUT2D eigenvalue weighted by Crippen LogP contribution is 2.44. The minimum atomic E-state index is -4.75. The van der Waals surface area contributed by atoms with Gasteiger partial charge < -0.3 is 15.2 Å². The summed E-state index contributed by atoms with van der Waals surface area (Å²) in [6.07, 6.45) is -1.01. The zero-order chi connectivity index (χ0) is 21.3. The molecule has 154 valence electrons. The van der Waals surface area contributed by atoms with E-state index in [0.717, 1.165) is 18.4 Å². The Labute approximate surface area is 169 Å². The number of carboxylic acid groups (broad SMARTS) is 1. The molecule has 0 bridgehead atoms. The Morgan fingerprint density at radius 3 is 2.30 bits per heavy atom. The number of carbonyl (C=O) groups is 1. The third-order valence-corrected chi connectivity index (χ3v) is 4.58. The summed E-state index contributed by atoms with van der Waals surface area (Å²) in [7, 11) is 0. The fourth-order valence-corrected chi connectivity index (χ4v) is 3.02. The van der Waals surface area contributed by atoms with E-state index in [0.29, 0.717) is 28.8 Å². The maximum absolute atomic E-state index is 12.4. The standard InChI is InChI=1S/C21H16F3N3O3/c22-21(23,24)30-16-9-5-13(6-10-16)18-17(12-1-2-12)11-25-20(27-18)26-15-7-3-14(4-8-15)19(28)29/h3-12H,1-2H2,(H,28,29)(H,25,26,27). The quantitative estimate of drug-likeness (QED) is 0.564.